The fraction of sp³-hybridized carbons (Fsp3) is 0.619. The van der Waals surface area contributed by atoms with Crippen molar-refractivity contribution in [3.05, 3.63) is 33.6 Å². The third-order valence-corrected chi connectivity index (χ3v) is 6.73. The normalized spacial score (nSPS) is 21.3. The summed E-state index contributed by atoms with van der Waals surface area (Å²) in [6, 6.07) is 3.37. The number of nitrogens with one attached hydrogen (secondary N) is 2. The number of aromatic amines is 1. The highest BCUT2D eigenvalue weighted by atomic mass is 32.1. The largest absolute Gasteiger partial charge is 0.347 e. The first-order chi connectivity index (χ1) is 13.3. The van der Waals surface area contributed by atoms with Crippen LogP contribution in [0, 0.1) is 17.3 Å². The molecule has 0 aliphatic heterocycles. The highest BCUT2D eigenvalue weighted by Gasteiger charge is 2.33. The molecule has 2 heterocycles. The second-order valence-corrected chi connectivity index (χ2v) is 9.70. The minimum absolute atomic E-state index is 0.0186. The number of H-pyrrole nitrogens is 1. The lowest BCUT2D eigenvalue weighted by atomic mass is 9.69. The van der Waals surface area contributed by atoms with E-state index in [0.29, 0.717) is 23.6 Å². The van der Waals surface area contributed by atoms with E-state index in [4.69, 9.17) is 0 Å². The van der Waals surface area contributed by atoms with Crippen LogP contribution in [-0.2, 0) is 4.79 Å². The molecule has 1 atom stereocenters. The molecule has 1 amide bonds. The van der Waals surface area contributed by atoms with E-state index in [2.05, 4.69) is 41.3 Å². The summed E-state index contributed by atoms with van der Waals surface area (Å²) >= 11 is 1.49. The molecule has 1 fully saturated rings. The summed E-state index contributed by atoms with van der Waals surface area (Å²) in [7, 11) is 0. The van der Waals surface area contributed by atoms with Gasteiger partial charge < -0.3 is 10.3 Å². The number of nitrogens with zero attached hydrogens (tertiary/aromatic N) is 2. The molecule has 6 nitrogen and oxygen atoms in total. The second-order valence-electron chi connectivity index (χ2n) is 8.75. The summed E-state index contributed by atoms with van der Waals surface area (Å²) in [6.07, 6.45) is 4.56. The minimum Gasteiger partial charge on any atom is -0.347 e. The maximum Gasteiger partial charge on any atom is 0.275 e. The molecule has 1 saturated carbocycles. The minimum atomic E-state index is -0.415. The fourth-order valence-corrected chi connectivity index (χ4v) is 4.64. The molecule has 1 aliphatic carbocycles. The smallest absolute Gasteiger partial charge is 0.275 e. The first-order valence-corrected chi connectivity index (χ1v) is 11.0. The standard InChI is InChI=1S/C21H30N4O2S/c1-5-15(17-20(27)23-18(25-24-17)16-7-6-12-28-16)22-19(26)13-8-10-14(11-9-13)21(2,3)4/h6-7,12-15H,5,8-11H2,1-4H3,(H,22,26)(H,23,25,27)/t13-,14+,15?. The van der Waals surface area contributed by atoms with Crippen LogP contribution in [0.3, 0.4) is 0 Å². The van der Waals surface area contributed by atoms with Gasteiger partial charge in [-0.2, -0.15) is 0 Å². The van der Waals surface area contributed by atoms with Crippen molar-refractivity contribution in [1.82, 2.24) is 20.5 Å². The van der Waals surface area contributed by atoms with Gasteiger partial charge in [0.25, 0.3) is 5.56 Å². The summed E-state index contributed by atoms with van der Waals surface area (Å²) in [4.78, 5) is 29.0. The Morgan fingerprint density at radius 3 is 2.54 bits per heavy atom. The molecule has 0 saturated heterocycles. The number of rotatable bonds is 5. The molecule has 0 bridgehead atoms. The van der Waals surface area contributed by atoms with Crippen LogP contribution in [0.2, 0.25) is 0 Å². The number of carbonyl (C=O) groups excluding carboxylic acids is 1. The van der Waals surface area contributed by atoms with Crippen LogP contribution in [0.25, 0.3) is 10.7 Å². The van der Waals surface area contributed by atoms with Crippen molar-refractivity contribution >= 4 is 17.2 Å². The predicted molar refractivity (Wildman–Crippen MR) is 112 cm³/mol. The summed E-state index contributed by atoms with van der Waals surface area (Å²) in [6.45, 7) is 8.76. The number of hydrogen-bond donors (Lipinski definition) is 2. The first-order valence-electron chi connectivity index (χ1n) is 10.1. The Morgan fingerprint density at radius 2 is 2.00 bits per heavy atom. The van der Waals surface area contributed by atoms with Gasteiger partial charge in [0.05, 0.1) is 10.9 Å². The number of aromatic nitrogens is 3. The van der Waals surface area contributed by atoms with E-state index in [-0.39, 0.29) is 23.1 Å². The SMILES string of the molecule is CCC(NC(=O)[C@H]1CC[C@@H](C(C)(C)C)CC1)c1nnc(-c2cccs2)[nH]c1=O. The van der Waals surface area contributed by atoms with Crippen LogP contribution in [0.4, 0.5) is 0 Å². The van der Waals surface area contributed by atoms with Crippen LogP contribution in [0.5, 0.6) is 0 Å². The Bertz CT molecular complexity index is 846. The average Bonchev–Trinajstić information content (AvgIpc) is 3.20. The molecule has 0 radical (unpaired) electrons. The Labute approximate surface area is 170 Å². The molecule has 0 spiro atoms. The van der Waals surface area contributed by atoms with Crippen LogP contribution in [-0.4, -0.2) is 21.1 Å². The monoisotopic (exact) mass is 402 g/mol. The molecule has 7 heteroatoms. The Kier molecular flexibility index (Phi) is 6.33. The summed E-state index contributed by atoms with van der Waals surface area (Å²) < 4.78 is 0. The van der Waals surface area contributed by atoms with E-state index in [1.165, 1.54) is 11.3 Å². The van der Waals surface area contributed by atoms with Crippen molar-refractivity contribution in [3.63, 3.8) is 0 Å². The predicted octanol–water partition coefficient (Wildman–Crippen LogP) is 4.31. The Balaban J connectivity index is 1.66. The lowest BCUT2D eigenvalue weighted by Crippen LogP contribution is -2.39. The quantitative estimate of drug-likeness (QED) is 0.780. The molecule has 1 aliphatic rings. The van der Waals surface area contributed by atoms with Gasteiger partial charge in [0, 0.05) is 5.92 Å². The zero-order valence-corrected chi connectivity index (χ0v) is 17.9. The maximum absolute atomic E-state index is 12.8. The van der Waals surface area contributed by atoms with Gasteiger partial charge in [-0.1, -0.05) is 33.8 Å². The highest BCUT2D eigenvalue weighted by molar-refractivity contribution is 7.13. The second kappa shape index (κ2) is 8.55. The van der Waals surface area contributed by atoms with Gasteiger partial charge in [-0.05, 0) is 54.9 Å². The van der Waals surface area contributed by atoms with Crippen LogP contribution < -0.4 is 10.9 Å². The summed E-state index contributed by atoms with van der Waals surface area (Å²) in [5, 5.41) is 13.3. The molecule has 0 aromatic carbocycles. The van der Waals surface area contributed by atoms with Crippen LogP contribution in [0.15, 0.2) is 22.3 Å². The Hall–Kier alpha value is -2.02. The van der Waals surface area contributed by atoms with Crippen molar-refractivity contribution in [1.29, 1.82) is 0 Å². The van der Waals surface area contributed by atoms with E-state index in [1.807, 2.05) is 24.4 Å². The molecule has 2 aromatic heterocycles. The molecule has 2 N–H and O–H groups in total. The van der Waals surface area contributed by atoms with Gasteiger partial charge in [-0.15, -0.1) is 21.5 Å². The molecular formula is C21H30N4O2S. The van der Waals surface area contributed by atoms with Gasteiger partial charge in [-0.3, -0.25) is 9.59 Å². The van der Waals surface area contributed by atoms with E-state index in [9.17, 15) is 9.59 Å². The lowest BCUT2D eigenvalue weighted by Gasteiger charge is -2.36. The Morgan fingerprint density at radius 1 is 1.29 bits per heavy atom. The van der Waals surface area contributed by atoms with Gasteiger partial charge >= 0.3 is 0 Å². The molecule has 2 aromatic rings. The third-order valence-electron chi connectivity index (χ3n) is 5.85. The molecular weight excluding hydrogens is 372 g/mol. The molecule has 3 rings (SSSR count). The highest BCUT2D eigenvalue weighted by Crippen LogP contribution is 2.40. The lowest BCUT2D eigenvalue weighted by molar-refractivity contribution is -0.127. The van der Waals surface area contributed by atoms with Gasteiger partial charge in [0.15, 0.2) is 11.5 Å². The van der Waals surface area contributed by atoms with Crippen molar-refractivity contribution < 1.29 is 4.79 Å². The van der Waals surface area contributed by atoms with Crippen LogP contribution in [0.1, 0.15) is 71.5 Å². The number of carbonyl (C=O) groups is 1. The van der Waals surface area contributed by atoms with Crippen LogP contribution >= 0.6 is 11.3 Å². The van der Waals surface area contributed by atoms with Gasteiger partial charge in [-0.25, -0.2) is 0 Å². The first kappa shape index (κ1) is 20.7. The number of hydrogen-bond acceptors (Lipinski definition) is 5. The fourth-order valence-electron chi connectivity index (χ4n) is 3.97. The van der Waals surface area contributed by atoms with Crippen molar-refractivity contribution in [2.75, 3.05) is 0 Å². The van der Waals surface area contributed by atoms with Crippen molar-refractivity contribution in [2.24, 2.45) is 17.3 Å². The summed E-state index contributed by atoms with van der Waals surface area (Å²) in [5.41, 5.74) is 0.280. The van der Waals surface area contributed by atoms with Gasteiger partial charge in [0.2, 0.25) is 5.91 Å². The molecule has 152 valence electrons. The summed E-state index contributed by atoms with van der Waals surface area (Å²) in [5.74, 6) is 1.18. The zero-order chi connectivity index (χ0) is 20.3. The number of thiophene rings is 1. The molecule has 1 unspecified atom stereocenters. The molecule has 28 heavy (non-hydrogen) atoms. The third kappa shape index (κ3) is 4.69. The van der Waals surface area contributed by atoms with E-state index in [0.717, 1.165) is 30.6 Å². The van der Waals surface area contributed by atoms with E-state index >= 15 is 0 Å². The van der Waals surface area contributed by atoms with Gasteiger partial charge in [0.1, 0.15) is 0 Å². The maximum atomic E-state index is 12.8. The zero-order valence-electron chi connectivity index (χ0n) is 17.1. The number of amides is 1. The average molecular weight is 403 g/mol. The van der Waals surface area contributed by atoms with E-state index < -0.39 is 6.04 Å². The topological polar surface area (TPSA) is 87.7 Å². The van der Waals surface area contributed by atoms with Crippen molar-refractivity contribution in [3.8, 4) is 10.7 Å². The van der Waals surface area contributed by atoms with Crippen molar-refractivity contribution in [2.45, 2.75) is 65.8 Å². The van der Waals surface area contributed by atoms with E-state index in [1.54, 1.807) is 0 Å².